The number of aryl methyl sites for hydroxylation is 1. The number of hydrogen-bond acceptors (Lipinski definition) is 3. The molecule has 0 fully saturated rings. The first-order chi connectivity index (χ1) is 8.99. The zero-order chi connectivity index (χ0) is 14.0. The Morgan fingerprint density at radius 2 is 2.11 bits per heavy atom. The van der Waals surface area contributed by atoms with Gasteiger partial charge in [-0.15, -0.1) is 0 Å². The molecular weight excluding hydrogens is 264 g/mol. The summed E-state index contributed by atoms with van der Waals surface area (Å²) in [6, 6.07) is 5.46. The van der Waals surface area contributed by atoms with E-state index in [0.29, 0.717) is 11.1 Å². The van der Waals surface area contributed by atoms with Gasteiger partial charge in [-0.3, -0.25) is 0 Å². The van der Waals surface area contributed by atoms with E-state index < -0.39 is 10.0 Å². The second kappa shape index (κ2) is 5.22. The van der Waals surface area contributed by atoms with Crippen molar-refractivity contribution in [2.24, 2.45) is 5.14 Å². The van der Waals surface area contributed by atoms with E-state index in [9.17, 15) is 8.42 Å². The number of unbranched alkanes of at least 4 members (excludes halogenated alkanes) is 1. The van der Waals surface area contributed by atoms with Crippen LogP contribution in [0.5, 0.6) is 5.75 Å². The lowest BCUT2D eigenvalue weighted by atomic mass is 10.2. The van der Waals surface area contributed by atoms with E-state index in [1.165, 1.54) is 7.11 Å². The fourth-order valence-corrected chi connectivity index (χ4v) is 2.95. The van der Waals surface area contributed by atoms with Gasteiger partial charge in [-0.25, -0.2) is 13.6 Å². The molecule has 0 saturated carbocycles. The van der Waals surface area contributed by atoms with Crippen LogP contribution in [0.2, 0.25) is 0 Å². The van der Waals surface area contributed by atoms with Gasteiger partial charge in [0.05, 0.1) is 18.0 Å². The predicted molar refractivity (Wildman–Crippen MR) is 74.8 cm³/mol. The quantitative estimate of drug-likeness (QED) is 0.912. The maximum Gasteiger partial charge on any atom is 0.240 e. The van der Waals surface area contributed by atoms with Gasteiger partial charge in [0.15, 0.2) is 0 Å². The van der Waals surface area contributed by atoms with Crippen molar-refractivity contribution in [2.75, 3.05) is 7.11 Å². The predicted octanol–water partition coefficient (Wildman–Crippen LogP) is 2.10. The van der Waals surface area contributed by atoms with Crippen LogP contribution in [-0.4, -0.2) is 20.1 Å². The van der Waals surface area contributed by atoms with Crippen molar-refractivity contribution in [1.29, 1.82) is 0 Å². The molecular formula is C13H18N2O3S. The van der Waals surface area contributed by atoms with Gasteiger partial charge in [-0.2, -0.15) is 0 Å². The van der Waals surface area contributed by atoms with Gasteiger partial charge in [0.25, 0.3) is 0 Å². The maximum atomic E-state index is 11.7. The molecule has 1 aromatic heterocycles. The molecule has 2 N–H and O–H groups in total. The van der Waals surface area contributed by atoms with Crippen LogP contribution in [0.1, 0.15) is 19.8 Å². The smallest absolute Gasteiger partial charge is 0.240 e. The van der Waals surface area contributed by atoms with E-state index in [1.54, 1.807) is 12.3 Å². The highest BCUT2D eigenvalue weighted by Gasteiger charge is 2.20. The molecule has 104 valence electrons. The third-order valence-electron chi connectivity index (χ3n) is 3.11. The lowest BCUT2D eigenvalue weighted by molar-refractivity contribution is 0.419. The fraction of sp³-hybridized carbons (Fsp3) is 0.385. The summed E-state index contributed by atoms with van der Waals surface area (Å²) in [5.74, 6) is 0.525. The van der Waals surface area contributed by atoms with Gasteiger partial charge >= 0.3 is 0 Å². The number of methoxy groups -OCH3 is 1. The van der Waals surface area contributed by atoms with Crippen molar-refractivity contribution in [1.82, 2.24) is 4.57 Å². The lowest BCUT2D eigenvalue weighted by Gasteiger charge is -2.05. The standard InChI is InChI=1S/C13H18N2O3S/c1-3-4-8-15-9-12(19(14,16)17)13-10(15)6-5-7-11(13)18-2/h5-7,9H,3-4,8H2,1-2H3,(H2,14,16,17). The van der Waals surface area contributed by atoms with Crippen molar-refractivity contribution >= 4 is 20.9 Å². The van der Waals surface area contributed by atoms with Crippen LogP contribution in [0, 0.1) is 0 Å². The van der Waals surface area contributed by atoms with E-state index in [0.717, 1.165) is 24.9 Å². The Bertz CT molecular complexity index is 689. The molecule has 0 atom stereocenters. The first-order valence-electron chi connectivity index (χ1n) is 6.17. The minimum Gasteiger partial charge on any atom is -0.496 e. The van der Waals surface area contributed by atoms with E-state index >= 15 is 0 Å². The normalized spacial score (nSPS) is 11.9. The number of ether oxygens (including phenoxy) is 1. The monoisotopic (exact) mass is 282 g/mol. The molecule has 0 amide bonds. The molecule has 1 aromatic carbocycles. The van der Waals surface area contributed by atoms with E-state index in [1.807, 2.05) is 16.7 Å². The van der Waals surface area contributed by atoms with Gasteiger partial charge in [-0.1, -0.05) is 19.4 Å². The summed E-state index contributed by atoms with van der Waals surface area (Å²) in [5.41, 5.74) is 0.830. The molecule has 2 rings (SSSR count). The van der Waals surface area contributed by atoms with Crippen LogP contribution < -0.4 is 9.88 Å². The van der Waals surface area contributed by atoms with Crippen LogP contribution in [0.15, 0.2) is 29.3 Å². The zero-order valence-corrected chi connectivity index (χ0v) is 11.9. The number of fused-ring (bicyclic) bond motifs is 1. The summed E-state index contributed by atoms with van der Waals surface area (Å²) in [7, 11) is -2.25. The molecule has 0 aliphatic heterocycles. The van der Waals surface area contributed by atoms with Crippen molar-refractivity contribution < 1.29 is 13.2 Å². The minimum absolute atomic E-state index is 0.121. The Morgan fingerprint density at radius 3 is 2.68 bits per heavy atom. The van der Waals surface area contributed by atoms with Crippen molar-refractivity contribution in [2.45, 2.75) is 31.2 Å². The SMILES string of the molecule is CCCCn1cc(S(N)(=O)=O)c2c(OC)cccc21. The summed E-state index contributed by atoms with van der Waals surface area (Å²) in [5, 5.41) is 5.85. The number of benzene rings is 1. The Balaban J connectivity index is 2.74. The molecule has 6 heteroatoms. The average molecular weight is 282 g/mol. The van der Waals surface area contributed by atoms with Gasteiger partial charge in [0.2, 0.25) is 10.0 Å². The third kappa shape index (κ3) is 2.59. The van der Waals surface area contributed by atoms with E-state index in [2.05, 4.69) is 6.92 Å². The summed E-state index contributed by atoms with van der Waals surface area (Å²) in [4.78, 5) is 0.121. The molecule has 0 unspecified atom stereocenters. The molecule has 0 radical (unpaired) electrons. The lowest BCUT2D eigenvalue weighted by Crippen LogP contribution is -2.11. The Morgan fingerprint density at radius 1 is 1.37 bits per heavy atom. The highest BCUT2D eigenvalue weighted by molar-refractivity contribution is 7.89. The summed E-state index contributed by atoms with van der Waals surface area (Å²) in [6.07, 6.45) is 3.61. The van der Waals surface area contributed by atoms with Crippen LogP contribution >= 0.6 is 0 Å². The van der Waals surface area contributed by atoms with Crippen molar-refractivity contribution in [3.8, 4) is 5.75 Å². The molecule has 0 spiro atoms. The first-order valence-corrected chi connectivity index (χ1v) is 7.72. The van der Waals surface area contributed by atoms with Crippen LogP contribution in [0.25, 0.3) is 10.9 Å². The van der Waals surface area contributed by atoms with Crippen molar-refractivity contribution in [3.05, 3.63) is 24.4 Å². The molecule has 0 aliphatic carbocycles. The Hall–Kier alpha value is -1.53. The summed E-state index contributed by atoms with van der Waals surface area (Å²) in [6.45, 7) is 2.85. The highest BCUT2D eigenvalue weighted by atomic mass is 32.2. The van der Waals surface area contributed by atoms with Gasteiger partial charge in [-0.05, 0) is 18.6 Å². The number of primary sulfonamides is 1. The molecule has 2 aromatic rings. The average Bonchev–Trinajstić information content (AvgIpc) is 2.75. The van der Waals surface area contributed by atoms with E-state index in [-0.39, 0.29) is 4.90 Å². The fourth-order valence-electron chi connectivity index (χ4n) is 2.18. The van der Waals surface area contributed by atoms with Crippen LogP contribution in [-0.2, 0) is 16.6 Å². The third-order valence-corrected chi connectivity index (χ3v) is 4.03. The second-order valence-electron chi connectivity index (χ2n) is 4.44. The number of sulfonamides is 1. The van der Waals surface area contributed by atoms with Crippen LogP contribution in [0.4, 0.5) is 0 Å². The minimum atomic E-state index is -3.77. The number of nitrogens with two attached hydrogens (primary N) is 1. The molecule has 0 bridgehead atoms. The Kier molecular flexibility index (Phi) is 3.82. The molecule has 0 saturated heterocycles. The number of rotatable bonds is 5. The highest BCUT2D eigenvalue weighted by Crippen LogP contribution is 2.32. The largest absolute Gasteiger partial charge is 0.496 e. The number of aromatic nitrogens is 1. The molecule has 5 nitrogen and oxygen atoms in total. The topological polar surface area (TPSA) is 74.3 Å². The van der Waals surface area contributed by atoms with Crippen molar-refractivity contribution in [3.63, 3.8) is 0 Å². The second-order valence-corrected chi connectivity index (χ2v) is 5.97. The van der Waals surface area contributed by atoms with Crippen LogP contribution in [0.3, 0.4) is 0 Å². The summed E-state index contributed by atoms with van der Waals surface area (Å²) < 4.78 is 30.6. The maximum absolute atomic E-state index is 11.7. The summed E-state index contributed by atoms with van der Waals surface area (Å²) >= 11 is 0. The molecule has 0 aliphatic rings. The van der Waals surface area contributed by atoms with Gasteiger partial charge in [0.1, 0.15) is 10.6 Å². The van der Waals surface area contributed by atoms with Gasteiger partial charge < -0.3 is 9.30 Å². The number of hydrogen-bond donors (Lipinski definition) is 1. The molecule has 19 heavy (non-hydrogen) atoms. The zero-order valence-electron chi connectivity index (χ0n) is 11.1. The first kappa shape index (κ1) is 13.9. The molecule has 1 heterocycles. The Labute approximate surface area is 113 Å². The number of nitrogens with zero attached hydrogens (tertiary/aromatic N) is 1. The van der Waals surface area contributed by atoms with E-state index in [4.69, 9.17) is 9.88 Å². The van der Waals surface area contributed by atoms with Gasteiger partial charge in [0, 0.05) is 12.7 Å².